The fourth-order valence-corrected chi connectivity index (χ4v) is 1.92. The first-order valence-corrected chi connectivity index (χ1v) is 5.30. The highest BCUT2D eigenvalue weighted by atomic mass is 16.2. The highest BCUT2D eigenvalue weighted by molar-refractivity contribution is 6.34. The maximum atomic E-state index is 11.7. The fourth-order valence-electron chi connectivity index (χ4n) is 1.92. The average Bonchev–Trinajstić information content (AvgIpc) is 2.36. The number of amides is 2. The summed E-state index contributed by atoms with van der Waals surface area (Å²) in [4.78, 5) is 24.5. The van der Waals surface area contributed by atoms with Gasteiger partial charge in [-0.15, -0.1) is 0 Å². The first-order valence-electron chi connectivity index (χ1n) is 5.30. The third kappa shape index (κ3) is 1.91. The molecule has 0 aromatic heterocycles. The van der Waals surface area contributed by atoms with Crippen LogP contribution in [0, 0.1) is 0 Å². The number of carbonyl (C=O) groups is 2. The molecular weight excluding hydrogens is 204 g/mol. The molecule has 0 bridgehead atoms. The zero-order valence-corrected chi connectivity index (χ0v) is 9.19. The molecule has 0 aliphatic carbocycles. The topological polar surface area (TPSA) is 49.4 Å². The minimum Gasteiger partial charge on any atom is -0.351 e. The van der Waals surface area contributed by atoms with Gasteiger partial charge in [0, 0.05) is 20.1 Å². The molecule has 1 aromatic rings. The van der Waals surface area contributed by atoms with E-state index in [-0.39, 0.29) is 0 Å². The molecule has 1 aliphatic rings. The summed E-state index contributed by atoms with van der Waals surface area (Å²) >= 11 is 0. The van der Waals surface area contributed by atoms with Gasteiger partial charge in [-0.1, -0.05) is 24.3 Å². The summed E-state index contributed by atoms with van der Waals surface area (Å²) in [6, 6.07) is 8.01. The number of fused-ring (bicyclic) bond motifs is 1. The molecule has 0 unspecified atom stereocenters. The predicted octanol–water partition coefficient (Wildman–Crippen LogP) is 0.317. The Morgan fingerprint density at radius 2 is 1.94 bits per heavy atom. The molecule has 0 saturated heterocycles. The van der Waals surface area contributed by atoms with Crippen LogP contribution in [0.25, 0.3) is 0 Å². The van der Waals surface area contributed by atoms with E-state index in [1.807, 2.05) is 18.2 Å². The quantitative estimate of drug-likeness (QED) is 0.637. The lowest BCUT2D eigenvalue weighted by atomic mass is 10.00. The maximum absolute atomic E-state index is 11.7. The summed E-state index contributed by atoms with van der Waals surface area (Å²) in [5.41, 5.74) is 2.40. The number of benzene rings is 1. The number of rotatable bonds is 0. The molecule has 4 nitrogen and oxygen atoms in total. The summed E-state index contributed by atoms with van der Waals surface area (Å²) in [7, 11) is 1.47. The third-order valence-corrected chi connectivity index (χ3v) is 2.84. The Morgan fingerprint density at radius 1 is 1.25 bits per heavy atom. The minimum atomic E-state index is -0.542. The fraction of sp³-hybridized carbons (Fsp3) is 0.333. The van der Waals surface area contributed by atoms with Gasteiger partial charge in [0.25, 0.3) is 0 Å². The van der Waals surface area contributed by atoms with Crippen LogP contribution in [0.3, 0.4) is 0 Å². The normalized spacial score (nSPS) is 14.2. The van der Waals surface area contributed by atoms with Crippen molar-refractivity contribution in [1.29, 1.82) is 0 Å². The van der Waals surface area contributed by atoms with Crippen LogP contribution in [0.1, 0.15) is 11.1 Å². The van der Waals surface area contributed by atoms with E-state index in [1.54, 1.807) is 4.90 Å². The smallest absolute Gasteiger partial charge is 0.312 e. The van der Waals surface area contributed by atoms with Crippen molar-refractivity contribution in [3.05, 3.63) is 35.4 Å². The van der Waals surface area contributed by atoms with Crippen LogP contribution in [0.2, 0.25) is 0 Å². The zero-order valence-electron chi connectivity index (χ0n) is 9.19. The van der Waals surface area contributed by atoms with Crippen molar-refractivity contribution < 1.29 is 9.59 Å². The third-order valence-electron chi connectivity index (χ3n) is 2.84. The molecule has 1 aliphatic heterocycles. The Bertz CT molecular complexity index is 429. The molecule has 0 radical (unpaired) electrons. The molecular formula is C12H14N2O2. The molecule has 0 fully saturated rings. The largest absolute Gasteiger partial charge is 0.351 e. The molecule has 4 heteroatoms. The molecule has 1 N–H and O–H groups in total. The van der Waals surface area contributed by atoms with Gasteiger partial charge in [0.2, 0.25) is 0 Å². The van der Waals surface area contributed by atoms with Crippen molar-refractivity contribution in [3.8, 4) is 0 Å². The van der Waals surface area contributed by atoms with Gasteiger partial charge in [0.05, 0.1) is 0 Å². The highest BCUT2D eigenvalue weighted by Crippen LogP contribution is 2.18. The lowest BCUT2D eigenvalue weighted by Crippen LogP contribution is -2.44. The van der Waals surface area contributed by atoms with E-state index in [9.17, 15) is 9.59 Å². The van der Waals surface area contributed by atoms with Gasteiger partial charge in [0.15, 0.2) is 0 Å². The Kier molecular flexibility index (Phi) is 2.90. The Labute approximate surface area is 94.2 Å². The number of hydrogen-bond donors (Lipinski definition) is 1. The van der Waals surface area contributed by atoms with E-state index in [0.717, 1.165) is 12.0 Å². The summed E-state index contributed by atoms with van der Waals surface area (Å²) in [5, 5.41) is 2.36. The zero-order chi connectivity index (χ0) is 11.5. The van der Waals surface area contributed by atoms with Crippen LogP contribution in [0.15, 0.2) is 24.3 Å². The van der Waals surface area contributed by atoms with Gasteiger partial charge in [-0.25, -0.2) is 0 Å². The van der Waals surface area contributed by atoms with Crippen LogP contribution < -0.4 is 5.32 Å². The lowest BCUT2D eigenvalue weighted by Gasteiger charge is -2.28. The van der Waals surface area contributed by atoms with Gasteiger partial charge in [-0.2, -0.15) is 0 Å². The molecule has 1 heterocycles. The van der Waals surface area contributed by atoms with Crippen molar-refractivity contribution in [3.63, 3.8) is 0 Å². The second-order valence-electron chi connectivity index (χ2n) is 3.82. The van der Waals surface area contributed by atoms with Crippen molar-refractivity contribution >= 4 is 11.8 Å². The summed E-state index contributed by atoms with van der Waals surface area (Å²) in [6.07, 6.45) is 0.818. The van der Waals surface area contributed by atoms with Crippen LogP contribution in [-0.2, 0) is 22.6 Å². The molecule has 2 amide bonds. The summed E-state index contributed by atoms with van der Waals surface area (Å²) in [6.45, 7) is 1.14. The molecule has 0 spiro atoms. The number of carbonyl (C=O) groups excluding carboxylic acids is 2. The molecule has 1 aromatic carbocycles. The second-order valence-corrected chi connectivity index (χ2v) is 3.82. The van der Waals surface area contributed by atoms with Gasteiger partial charge in [-0.05, 0) is 17.5 Å². The molecule has 0 atom stereocenters. The molecule has 16 heavy (non-hydrogen) atoms. The number of likely N-dealkylation sites (N-methyl/N-ethyl adjacent to an activating group) is 1. The lowest BCUT2D eigenvalue weighted by molar-refractivity contribution is -0.146. The van der Waals surface area contributed by atoms with Crippen LogP contribution in [0.5, 0.6) is 0 Å². The van der Waals surface area contributed by atoms with Gasteiger partial charge >= 0.3 is 11.8 Å². The van der Waals surface area contributed by atoms with Gasteiger partial charge in [0.1, 0.15) is 0 Å². The van der Waals surface area contributed by atoms with E-state index in [0.29, 0.717) is 13.1 Å². The maximum Gasteiger partial charge on any atom is 0.312 e. The van der Waals surface area contributed by atoms with E-state index in [4.69, 9.17) is 0 Å². The predicted molar refractivity (Wildman–Crippen MR) is 59.6 cm³/mol. The number of nitrogens with one attached hydrogen (secondary N) is 1. The molecule has 0 saturated carbocycles. The molecule has 2 rings (SSSR count). The Hall–Kier alpha value is -1.84. The van der Waals surface area contributed by atoms with Crippen molar-refractivity contribution in [2.75, 3.05) is 13.6 Å². The standard InChI is InChI=1S/C12H14N2O2/c1-13-11(15)12(16)14-7-6-9-4-2-3-5-10(9)8-14/h2-5H,6-8H2,1H3,(H,13,15). The first kappa shape index (κ1) is 10.7. The molecule has 84 valence electrons. The van der Waals surface area contributed by atoms with Crippen molar-refractivity contribution in [2.24, 2.45) is 0 Å². The second kappa shape index (κ2) is 4.35. The Morgan fingerprint density at radius 3 is 2.62 bits per heavy atom. The van der Waals surface area contributed by atoms with Crippen LogP contribution in [0.4, 0.5) is 0 Å². The van der Waals surface area contributed by atoms with E-state index in [2.05, 4.69) is 11.4 Å². The van der Waals surface area contributed by atoms with Crippen LogP contribution >= 0.6 is 0 Å². The summed E-state index contributed by atoms with van der Waals surface area (Å²) in [5.74, 6) is -0.989. The van der Waals surface area contributed by atoms with Crippen molar-refractivity contribution in [2.45, 2.75) is 13.0 Å². The average molecular weight is 218 g/mol. The number of hydrogen-bond acceptors (Lipinski definition) is 2. The summed E-state index contributed by atoms with van der Waals surface area (Å²) < 4.78 is 0. The SMILES string of the molecule is CNC(=O)C(=O)N1CCc2ccccc2C1. The van der Waals surface area contributed by atoms with Gasteiger partial charge in [-0.3, -0.25) is 9.59 Å². The van der Waals surface area contributed by atoms with E-state index >= 15 is 0 Å². The Balaban J connectivity index is 2.14. The van der Waals surface area contributed by atoms with Crippen LogP contribution in [-0.4, -0.2) is 30.3 Å². The van der Waals surface area contributed by atoms with Gasteiger partial charge < -0.3 is 10.2 Å². The minimum absolute atomic E-state index is 0.447. The number of nitrogens with zero attached hydrogens (tertiary/aromatic N) is 1. The highest BCUT2D eigenvalue weighted by Gasteiger charge is 2.24. The van der Waals surface area contributed by atoms with E-state index < -0.39 is 11.8 Å². The van der Waals surface area contributed by atoms with Crippen molar-refractivity contribution in [1.82, 2.24) is 10.2 Å². The first-order chi connectivity index (χ1) is 7.72. The monoisotopic (exact) mass is 218 g/mol. The van der Waals surface area contributed by atoms with E-state index in [1.165, 1.54) is 12.6 Å².